The van der Waals surface area contributed by atoms with Crippen molar-refractivity contribution < 1.29 is 42.9 Å². The summed E-state index contributed by atoms with van der Waals surface area (Å²) < 4.78 is 30.2. The smallest absolute Gasteiger partial charge is 0.317 e. The summed E-state index contributed by atoms with van der Waals surface area (Å²) >= 11 is 0. The molecule has 0 saturated carbocycles. The Kier molecular flexibility index (Phi) is 11.9. The predicted molar refractivity (Wildman–Crippen MR) is 239 cm³/mol. The summed E-state index contributed by atoms with van der Waals surface area (Å²) in [6.45, 7) is 13.2. The molecule has 11 nitrogen and oxygen atoms in total. The molecule has 8 rings (SSSR count). The summed E-state index contributed by atoms with van der Waals surface area (Å²) in [5.41, 5.74) is 5.08. The van der Waals surface area contributed by atoms with Crippen LogP contribution in [0.4, 0.5) is 11.4 Å². The van der Waals surface area contributed by atoms with E-state index in [1.165, 1.54) is 0 Å². The van der Waals surface area contributed by atoms with Gasteiger partial charge in [-0.05, 0) is 76.4 Å². The lowest BCUT2D eigenvalue weighted by molar-refractivity contribution is -0.158. The van der Waals surface area contributed by atoms with Crippen LogP contribution < -0.4 is 28.7 Å². The van der Waals surface area contributed by atoms with E-state index >= 15 is 0 Å². The molecule has 0 saturated heterocycles. The van der Waals surface area contributed by atoms with Crippen molar-refractivity contribution in [1.82, 2.24) is 0 Å². The van der Waals surface area contributed by atoms with Crippen LogP contribution in [0.5, 0.6) is 23.0 Å². The zero-order valence-electron chi connectivity index (χ0n) is 35.9. The average molecular weight is 835 g/mol. The van der Waals surface area contributed by atoms with Gasteiger partial charge in [0.15, 0.2) is 0 Å². The second-order valence-electron chi connectivity index (χ2n) is 16.0. The summed E-state index contributed by atoms with van der Waals surface area (Å²) in [5.74, 6) is 0.670. The van der Waals surface area contributed by atoms with E-state index in [2.05, 4.69) is 0 Å². The van der Waals surface area contributed by atoms with Crippen LogP contribution >= 0.6 is 0 Å². The first-order valence-electron chi connectivity index (χ1n) is 21.3. The number of rotatable bonds is 15. The Bertz CT molecular complexity index is 2700. The Morgan fingerprint density at radius 1 is 0.548 bits per heavy atom. The lowest BCUT2D eigenvalue weighted by atomic mass is 9.99. The molecule has 0 atom stereocenters. The molecule has 62 heavy (non-hydrogen) atoms. The first-order chi connectivity index (χ1) is 30.0. The van der Waals surface area contributed by atoms with E-state index in [0.717, 1.165) is 39.1 Å². The fourth-order valence-electron chi connectivity index (χ4n) is 8.27. The minimum absolute atomic E-state index is 0.108. The minimum atomic E-state index is -0.694. The van der Waals surface area contributed by atoms with Gasteiger partial charge in [0.1, 0.15) is 23.0 Å². The van der Waals surface area contributed by atoms with E-state index in [0.29, 0.717) is 82.9 Å². The van der Waals surface area contributed by atoms with Crippen LogP contribution in [0.25, 0.3) is 21.5 Å². The minimum Gasteiger partial charge on any atom is -0.493 e. The van der Waals surface area contributed by atoms with Crippen molar-refractivity contribution in [3.05, 3.63) is 130 Å². The molecule has 6 aromatic carbocycles. The molecule has 0 radical (unpaired) electrons. The van der Waals surface area contributed by atoms with Crippen molar-refractivity contribution in [1.29, 1.82) is 0 Å². The van der Waals surface area contributed by atoms with Crippen molar-refractivity contribution in [3.63, 3.8) is 0 Å². The quantitative estimate of drug-likeness (QED) is 0.0735. The van der Waals surface area contributed by atoms with Crippen LogP contribution in [0.1, 0.15) is 90.9 Å². The third-order valence-electron chi connectivity index (χ3n) is 10.9. The number of ether oxygens (including phenoxy) is 5. The molecular formula is C51H50N2O9. The van der Waals surface area contributed by atoms with Gasteiger partial charge < -0.3 is 33.5 Å². The van der Waals surface area contributed by atoms with Gasteiger partial charge >= 0.3 is 11.9 Å². The van der Waals surface area contributed by atoms with Gasteiger partial charge in [0.2, 0.25) is 0 Å². The van der Waals surface area contributed by atoms with Crippen molar-refractivity contribution >= 4 is 56.7 Å². The molecule has 11 heteroatoms. The van der Waals surface area contributed by atoms with Crippen LogP contribution in [0.15, 0.2) is 97.1 Å². The highest BCUT2D eigenvalue weighted by atomic mass is 16.6. The molecule has 2 heterocycles. The van der Waals surface area contributed by atoms with E-state index in [1.54, 1.807) is 58.3 Å². The number of amides is 2. The molecule has 0 N–H and O–H groups in total. The third-order valence-corrected chi connectivity index (χ3v) is 10.9. The van der Waals surface area contributed by atoms with Crippen LogP contribution in [-0.2, 0) is 40.3 Å². The van der Waals surface area contributed by atoms with Gasteiger partial charge in [-0.3, -0.25) is 19.2 Å². The van der Waals surface area contributed by atoms with Crippen molar-refractivity contribution in [2.24, 2.45) is 0 Å². The molecule has 0 unspecified atom stereocenters. The van der Waals surface area contributed by atoms with Gasteiger partial charge in [-0.15, -0.1) is 0 Å². The van der Waals surface area contributed by atoms with Crippen LogP contribution in [-0.4, -0.2) is 49.2 Å². The number of esters is 2. The van der Waals surface area contributed by atoms with Gasteiger partial charge in [0.05, 0.1) is 62.5 Å². The van der Waals surface area contributed by atoms with Gasteiger partial charge in [-0.1, -0.05) is 79.7 Å². The standard InChI is InChI=1S/C51H50N2O9/c1-7-25-59-46-36-13-9-12-16-39(36)49(61-31(5)6)45-40(46)28-52(51(45)57)34-21-17-32(18-22-34)26-42(54)62-43(55)27-33-19-23-35(24-20-33)53-29-41-44(50(53)56)48(58-8-2)38-15-11-10-14-37(38)47(41)60-30(3)4/h9-24,30-31H,7-8,25-29H2,1-6H3. The molecule has 0 bridgehead atoms. The van der Waals surface area contributed by atoms with Crippen molar-refractivity contribution in [3.8, 4) is 23.0 Å². The molecule has 318 valence electrons. The maximum atomic E-state index is 14.1. The first-order valence-corrected chi connectivity index (χ1v) is 21.3. The zero-order valence-corrected chi connectivity index (χ0v) is 35.9. The van der Waals surface area contributed by atoms with Crippen LogP contribution in [0.3, 0.4) is 0 Å². The SMILES string of the molecule is CCCOc1c2c(c(OC(C)C)c3ccccc13)C(=O)N(c1ccc(CC(=O)OC(=O)Cc3ccc(N4Cc5c(c(OCC)c6ccccc6c5OC(C)C)C4=O)cc3)cc1)C2. The van der Waals surface area contributed by atoms with Gasteiger partial charge in [0.25, 0.3) is 11.8 Å². The molecule has 0 spiro atoms. The third kappa shape index (κ3) is 8.02. The van der Waals surface area contributed by atoms with Gasteiger partial charge in [-0.25, -0.2) is 0 Å². The summed E-state index contributed by atoms with van der Waals surface area (Å²) in [7, 11) is 0. The second kappa shape index (κ2) is 17.6. The summed E-state index contributed by atoms with van der Waals surface area (Å²) in [6, 6.07) is 29.7. The Morgan fingerprint density at radius 2 is 0.968 bits per heavy atom. The fraction of sp³-hybridized carbons (Fsp3) is 0.294. The lowest BCUT2D eigenvalue weighted by Crippen LogP contribution is -2.23. The van der Waals surface area contributed by atoms with E-state index < -0.39 is 11.9 Å². The number of carbonyl (C=O) groups is 4. The Balaban J connectivity index is 0.920. The monoisotopic (exact) mass is 834 g/mol. The number of fused-ring (bicyclic) bond motifs is 4. The summed E-state index contributed by atoms with van der Waals surface area (Å²) in [4.78, 5) is 57.4. The molecule has 2 aliphatic heterocycles. The Labute approximate surface area is 361 Å². The molecular weight excluding hydrogens is 785 g/mol. The highest BCUT2D eigenvalue weighted by Gasteiger charge is 2.38. The first kappa shape index (κ1) is 41.8. The van der Waals surface area contributed by atoms with Crippen LogP contribution in [0.2, 0.25) is 0 Å². The van der Waals surface area contributed by atoms with Crippen molar-refractivity contribution in [2.45, 2.75) is 86.1 Å². The average Bonchev–Trinajstić information content (AvgIpc) is 3.78. The number of benzene rings is 6. The van der Waals surface area contributed by atoms with Crippen LogP contribution in [0, 0.1) is 0 Å². The molecule has 6 aromatic rings. The van der Waals surface area contributed by atoms with Gasteiger partial charge in [0, 0.05) is 44.0 Å². The summed E-state index contributed by atoms with van der Waals surface area (Å²) in [5, 5.41) is 3.42. The normalized spacial score (nSPS) is 13.3. The van der Waals surface area contributed by atoms with Crippen molar-refractivity contribution in [2.75, 3.05) is 23.0 Å². The number of nitrogens with zero attached hydrogens (tertiary/aromatic N) is 2. The lowest BCUT2D eigenvalue weighted by Gasteiger charge is -2.19. The number of anilines is 2. The molecule has 0 aromatic heterocycles. The predicted octanol–water partition coefficient (Wildman–Crippen LogP) is 9.93. The largest absolute Gasteiger partial charge is 0.493 e. The molecule has 2 amide bonds. The number of carbonyl (C=O) groups excluding carboxylic acids is 4. The zero-order chi connectivity index (χ0) is 43.7. The highest BCUT2D eigenvalue weighted by Crippen LogP contribution is 2.48. The fourth-order valence-corrected chi connectivity index (χ4v) is 8.27. The van der Waals surface area contributed by atoms with E-state index in [4.69, 9.17) is 23.7 Å². The molecule has 2 aliphatic rings. The molecule has 0 fully saturated rings. The number of hydrogen-bond donors (Lipinski definition) is 0. The Hall–Kier alpha value is -6.88. The van der Waals surface area contributed by atoms with Gasteiger partial charge in [-0.2, -0.15) is 0 Å². The maximum Gasteiger partial charge on any atom is 0.317 e. The number of hydrogen-bond acceptors (Lipinski definition) is 9. The Morgan fingerprint density at radius 3 is 1.44 bits per heavy atom. The highest BCUT2D eigenvalue weighted by molar-refractivity contribution is 6.18. The van der Waals surface area contributed by atoms with E-state index in [1.807, 2.05) is 90.1 Å². The maximum absolute atomic E-state index is 14.1. The second-order valence-corrected chi connectivity index (χ2v) is 16.0. The molecule has 0 aliphatic carbocycles. The van der Waals surface area contributed by atoms with E-state index in [-0.39, 0.29) is 36.9 Å². The summed E-state index contributed by atoms with van der Waals surface area (Å²) in [6.07, 6.45) is 0.287. The topological polar surface area (TPSA) is 121 Å². The van der Waals surface area contributed by atoms with E-state index in [9.17, 15) is 19.2 Å².